The highest BCUT2D eigenvalue weighted by atomic mass is 32.2. The van der Waals surface area contributed by atoms with Crippen molar-refractivity contribution in [2.75, 3.05) is 31.6 Å². The fourth-order valence-corrected chi connectivity index (χ4v) is 4.71. The molecule has 1 amide bonds. The molecule has 0 unspecified atom stereocenters. The number of anilines is 1. The zero-order chi connectivity index (χ0) is 19.4. The third kappa shape index (κ3) is 4.67. The molecule has 1 aromatic heterocycles. The van der Waals surface area contributed by atoms with Crippen molar-refractivity contribution in [1.29, 1.82) is 0 Å². The lowest BCUT2D eigenvalue weighted by atomic mass is 10.2. The number of carbonyl (C=O) groups is 1. The first-order chi connectivity index (χ1) is 12.9. The van der Waals surface area contributed by atoms with Crippen molar-refractivity contribution in [2.24, 2.45) is 0 Å². The van der Waals surface area contributed by atoms with Crippen LogP contribution in [-0.4, -0.2) is 51.0 Å². The van der Waals surface area contributed by atoms with Crippen LogP contribution in [0.3, 0.4) is 0 Å². The first-order valence-electron chi connectivity index (χ1n) is 8.61. The molecule has 0 aliphatic carbocycles. The molecule has 0 saturated carbocycles. The average molecular weight is 411 g/mol. The number of ether oxygens (including phenoxy) is 2. The molecule has 0 radical (unpaired) electrons. The monoisotopic (exact) mass is 410 g/mol. The molecule has 3 rings (SSSR count). The Morgan fingerprint density at radius 2 is 2.00 bits per heavy atom. The van der Waals surface area contributed by atoms with Gasteiger partial charge in [0, 0.05) is 13.1 Å². The first kappa shape index (κ1) is 19.8. The Morgan fingerprint density at radius 3 is 2.63 bits per heavy atom. The van der Waals surface area contributed by atoms with E-state index in [0.29, 0.717) is 42.6 Å². The summed E-state index contributed by atoms with van der Waals surface area (Å²) in [5.74, 6) is 0.121. The minimum Gasteiger partial charge on any atom is -0.489 e. The van der Waals surface area contributed by atoms with E-state index < -0.39 is 10.0 Å². The van der Waals surface area contributed by atoms with E-state index in [1.807, 2.05) is 13.8 Å². The zero-order valence-corrected chi connectivity index (χ0v) is 16.8. The summed E-state index contributed by atoms with van der Waals surface area (Å²) in [6.45, 7) is 5.09. The highest BCUT2D eigenvalue weighted by molar-refractivity contribution is 7.89. The molecule has 1 aromatic carbocycles. The summed E-state index contributed by atoms with van der Waals surface area (Å²) in [6, 6.07) is 8.02. The largest absolute Gasteiger partial charge is 0.489 e. The lowest BCUT2D eigenvalue weighted by molar-refractivity contribution is 0.0730. The number of carbonyl (C=O) groups excluding carboxylic acids is 1. The number of rotatable bonds is 6. The molecule has 1 fully saturated rings. The van der Waals surface area contributed by atoms with Crippen molar-refractivity contribution >= 4 is 33.0 Å². The summed E-state index contributed by atoms with van der Waals surface area (Å²) in [4.78, 5) is 13.1. The lowest BCUT2D eigenvalue weighted by Gasteiger charge is -2.26. The highest BCUT2D eigenvalue weighted by Crippen LogP contribution is 2.31. The SMILES string of the molecule is CC(C)Oc1ccc(S(=O)(=O)N2CCOCC2)cc1NC(=O)c1cccs1. The maximum atomic E-state index is 12.9. The molecule has 7 nitrogen and oxygen atoms in total. The summed E-state index contributed by atoms with van der Waals surface area (Å²) < 4.78 is 38.2. The summed E-state index contributed by atoms with van der Waals surface area (Å²) in [6.07, 6.45) is -0.121. The van der Waals surface area contributed by atoms with Crippen molar-refractivity contribution in [3.8, 4) is 5.75 Å². The molecule has 0 atom stereocenters. The topological polar surface area (TPSA) is 84.9 Å². The lowest BCUT2D eigenvalue weighted by Crippen LogP contribution is -2.40. The van der Waals surface area contributed by atoms with Crippen LogP contribution in [0.2, 0.25) is 0 Å². The van der Waals surface area contributed by atoms with E-state index >= 15 is 0 Å². The fraction of sp³-hybridized carbons (Fsp3) is 0.389. The molecule has 1 aliphatic rings. The number of morpholine rings is 1. The van der Waals surface area contributed by atoms with Crippen LogP contribution in [0.1, 0.15) is 23.5 Å². The standard InChI is InChI=1S/C18H22N2O5S2/c1-13(2)25-16-6-5-14(27(22,23)20-7-9-24-10-8-20)12-15(16)19-18(21)17-4-3-11-26-17/h3-6,11-13H,7-10H2,1-2H3,(H,19,21). The molecular formula is C18H22N2O5S2. The van der Waals surface area contributed by atoms with Crippen molar-refractivity contribution in [3.63, 3.8) is 0 Å². The van der Waals surface area contributed by atoms with Gasteiger partial charge in [0.05, 0.1) is 34.8 Å². The molecule has 146 valence electrons. The Kier molecular flexibility index (Phi) is 6.15. The van der Waals surface area contributed by atoms with Gasteiger partial charge in [-0.05, 0) is 43.5 Å². The van der Waals surface area contributed by atoms with Crippen molar-refractivity contribution in [3.05, 3.63) is 40.6 Å². The normalized spacial score (nSPS) is 15.7. The number of sulfonamides is 1. The van der Waals surface area contributed by atoms with Gasteiger partial charge in [-0.15, -0.1) is 11.3 Å². The molecular weight excluding hydrogens is 388 g/mol. The van der Waals surface area contributed by atoms with Crippen molar-refractivity contribution < 1.29 is 22.7 Å². The second kappa shape index (κ2) is 8.39. The molecule has 2 heterocycles. The number of thiophene rings is 1. The highest BCUT2D eigenvalue weighted by Gasteiger charge is 2.27. The van der Waals surface area contributed by atoms with Gasteiger partial charge in [-0.25, -0.2) is 8.42 Å². The Balaban J connectivity index is 1.93. The predicted octanol–water partition coefficient (Wildman–Crippen LogP) is 2.81. The van der Waals surface area contributed by atoms with Gasteiger partial charge < -0.3 is 14.8 Å². The molecule has 0 spiro atoms. The van der Waals surface area contributed by atoms with E-state index in [-0.39, 0.29) is 16.9 Å². The van der Waals surface area contributed by atoms with Gasteiger partial charge in [0.1, 0.15) is 5.75 Å². The Hall–Kier alpha value is -1.94. The van der Waals surface area contributed by atoms with Crippen LogP contribution < -0.4 is 10.1 Å². The Bertz CT molecular complexity index is 888. The Labute approximate surface area is 163 Å². The third-order valence-electron chi connectivity index (χ3n) is 3.91. The van der Waals surface area contributed by atoms with Crippen LogP contribution in [0.4, 0.5) is 5.69 Å². The number of nitrogens with zero attached hydrogens (tertiary/aromatic N) is 1. The van der Waals surface area contributed by atoms with Crippen LogP contribution >= 0.6 is 11.3 Å². The van der Waals surface area contributed by atoms with Gasteiger partial charge >= 0.3 is 0 Å². The van der Waals surface area contributed by atoms with Gasteiger partial charge in [0.25, 0.3) is 5.91 Å². The minimum atomic E-state index is -3.67. The number of hydrogen-bond donors (Lipinski definition) is 1. The smallest absolute Gasteiger partial charge is 0.265 e. The van der Waals surface area contributed by atoms with Gasteiger partial charge in [-0.2, -0.15) is 4.31 Å². The number of benzene rings is 1. The van der Waals surface area contributed by atoms with Crippen LogP contribution in [0.5, 0.6) is 5.75 Å². The second-order valence-electron chi connectivity index (χ2n) is 6.27. The summed E-state index contributed by atoms with van der Waals surface area (Å²) in [7, 11) is -3.67. The van der Waals surface area contributed by atoms with Gasteiger partial charge in [0.15, 0.2) is 0 Å². The summed E-state index contributed by atoms with van der Waals surface area (Å²) in [5.41, 5.74) is 0.330. The maximum absolute atomic E-state index is 12.9. The summed E-state index contributed by atoms with van der Waals surface area (Å²) >= 11 is 1.31. The van der Waals surface area contributed by atoms with Crippen LogP contribution in [0.25, 0.3) is 0 Å². The number of amides is 1. The third-order valence-corrected chi connectivity index (χ3v) is 6.68. The molecule has 27 heavy (non-hydrogen) atoms. The fourth-order valence-electron chi connectivity index (χ4n) is 2.65. The zero-order valence-electron chi connectivity index (χ0n) is 15.2. The van der Waals surface area contributed by atoms with Gasteiger partial charge in [-0.3, -0.25) is 4.79 Å². The predicted molar refractivity (Wildman–Crippen MR) is 104 cm³/mol. The van der Waals surface area contributed by atoms with E-state index in [9.17, 15) is 13.2 Å². The molecule has 1 aliphatic heterocycles. The van der Waals surface area contributed by atoms with E-state index in [1.165, 1.54) is 27.8 Å². The molecule has 0 bridgehead atoms. The van der Waals surface area contributed by atoms with Gasteiger partial charge in [0.2, 0.25) is 10.0 Å². The number of nitrogens with one attached hydrogen (secondary N) is 1. The summed E-state index contributed by atoms with van der Waals surface area (Å²) in [5, 5.41) is 4.58. The Morgan fingerprint density at radius 1 is 1.26 bits per heavy atom. The van der Waals surface area contributed by atoms with Crippen LogP contribution in [-0.2, 0) is 14.8 Å². The maximum Gasteiger partial charge on any atom is 0.265 e. The minimum absolute atomic E-state index is 0.113. The van der Waals surface area contributed by atoms with E-state index in [0.717, 1.165) is 0 Å². The second-order valence-corrected chi connectivity index (χ2v) is 9.16. The van der Waals surface area contributed by atoms with E-state index in [2.05, 4.69) is 5.32 Å². The molecule has 2 aromatic rings. The molecule has 9 heteroatoms. The van der Waals surface area contributed by atoms with E-state index in [4.69, 9.17) is 9.47 Å². The van der Waals surface area contributed by atoms with Crippen LogP contribution in [0, 0.1) is 0 Å². The quantitative estimate of drug-likeness (QED) is 0.792. The van der Waals surface area contributed by atoms with Crippen molar-refractivity contribution in [1.82, 2.24) is 4.31 Å². The molecule has 1 saturated heterocycles. The molecule has 1 N–H and O–H groups in total. The van der Waals surface area contributed by atoms with Crippen LogP contribution in [0.15, 0.2) is 40.6 Å². The average Bonchev–Trinajstić information content (AvgIpc) is 3.18. The van der Waals surface area contributed by atoms with E-state index in [1.54, 1.807) is 23.6 Å². The number of hydrogen-bond acceptors (Lipinski definition) is 6. The van der Waals surface area contributed by atoms with Crippen molar-refractivity contribution in [2.45, 2.75) is 24.8 Å². The first-order valence-corrected chi connectivity index (χ1v) is 10.9. The van der Waals surface area contributed by atoms with Gasteiger partial charge in [-0.1, -0.05) is 6.07 Å².